The molecule has 0 aliphatic carbocycles. The normalized spacial score (nSPS) is 17.5. The first-order valence-electron chi connectivity index (χ1n) is 12.4. The highest BCUT2D eigenvalue weighted by Gasteiger charge is 2.47. The van der Waals surface area contributed by atoms with E-state index in [1.54, 1.807) is 24.3 Å². The van der Waals surface area contributed by atoms with Gasteiger partial charge in [-0.3, -0.25) is 4.79 Å². The van der Waals surface area contributed by atoms with Crippen molar-refractivity contribution in [3.8, 4) is 5.75 Å². The summed E-state index contributed by atoms with van der Waals surface area (Å²) in [6, 6.07) is 18.5. The minimum atomic E-state index is -4.53. The number of rotatable bonds is 6. The molecule has 0 radical (unpaired) electrons. The Morgan fingerprint density at radius 3 is 2.47 bits per heavy atom. The fourth-order valence-electron chi connectivity index (χ4n) is 5.06. The number of alkyl halides is 3. The van der Waals surface area contributed by atoms with Crippen molar-refractivity contribution in [2.75, 3.05) is 12.4 Å². The minimum Gasteiger partial charge on any atom is -0.497 e. The summed E-state index contributed by atoms with van der Waals surface area (Å²) in [5.41, 5.74) is 1.11. The van der Waals surface area contributed by atoms with Crippen molar-refractivity contribution >= 4 is 22.5 Å². The second-order valence-electron chi connectivity index (χ2n) is 10.3. The van der Waals surface area contributed by atoms with Gasteiger partial charge in [-0.05, 0) is 54.3 Å². The van der Waals surface area contributed by atoms with E-state index in [4.69, 9.17) is 4.74 Å². The van der Waals surface area contributed by atoms with Crippen LogP contribution < -0.4 is 15.4 Å². The number of hydrogen-bond acceptors (Lipinski definition) is 4. The Balaban J connectivity index is 1.39. The van der Waals surface area contributed by atoms with Crippen molar-refractivity contribution in [2.45, 2.75) is 50.5 Å². The van der Waals surface area contributed by atoms with Crippen LogP contribution in [0.3, 0.4) is 0 Å². The molecule has 0 bridgehead atoms. The molecule has 2 N–H and O–H groups in total. The van der Waals surface area contributed by atoms with E-state index in [0.717, 1.165) is 21.0 Å². The van der Waals surface area contributed by atoms with Gasteiger partial charge in [-0.25, -0.2) is 4.68 Å². The molecular weight excluding hydrogens is 493 g/mol. The monoisotopic (exact) mass is 522 g/mol. The van der Waals surface area contributed by atoms with Crippen LogP contribution in [-0.2, 0) is 6.42 Å². The van der Waals surface area contributed by atoms with Crippen molar-refractivity contribution in [3.63, 3.8) is 0 Å². The predicted octanol–water partition coefficient (Wildman–Crippen LogP) is 6.46. The largest absolute Gasteiger partial charge is 0.497 e. The maximum atomic E-state index is 14.1. The third-order valence-electron chi connectivity index (χ3n) is 6.91. The first kappa shape index (κ1) is 25.6. The van der Waals surface area contributed by atoms with Crippen LogP contribution in [0, 0.1) is 0 Å². The zero-order valence-electron chi connectivity index (χ0n) is 21.3. The highest BCUT2D eigenvalue weighted by Crippen LogP contribution is 2.44. The molecular formula is C29H29F3N4O2. The van der Waals surface area contributed by atoms with Gasteiger partial charge in [-0.1, -0.05) is 54.6 Å². The lowest BCUT2D eigenvalue weighted by molar-refractivity contribution is -0.173. The lowest BCUT2D eigenvalue weighted by Gasteiger charge is -2.34. The third kappa shape index (κ3) is 5.18. The molecule has 6 nitrogen and oxygen atoms in total. The Morgan fingerprint density at radius 1 is 1.08 bits per heavy atom. The second kappa shape index (κ2) is 9.70. The molecule has 198 valence electrons. The zero-order valence-corrected chi connectivity index (χ0v) is 21.3. The number of carbonyl (C=O) groups excluding carboxylic acids is 1. The van der Waals surface area contributed by atoms with E-state index in [9.17, 15) is 18.0 Å². The van der Waals surface area contributed by atoms with Crippen molar-refractivity contribution in [1.82, 2.24) is 15.1 Å². The number of hydrogen-bond donors (Lipinski definition) is 2. The first-order valence-corrected chi connectivity index (χ1v) is 12.4. The smallest absolute Gasteiger partial charge is 0.410 e. The molecule has 3 aromatic carbocycles. The highest BCUT2D eigenvalue weighted by molar-refractivity contribution is 5.99. The van der Waals surface area contributed by atoms with Crippen LogP contribution in [0.2, 0.25) is 0 Å². The molecule has 0 saturated heterocycles. The van der Waals surface area contributed by atoms with Crippen LogP contribution in [-0.4, -0.2) is 34.5 Å². The van der Waals surface area contributed by atoms with Gasteiger partial charge in [-0.2, -0.15) is 18.3 Å². The number of amides is 1. The van der Waals surface area contributed by atoms with Gasteiger partial charge in [0.15, 0.2) is 6.04 Å². The SMILES string of the molecule is COc1ccc(C2CC(C(F)(F)F)n3ncc(C(=O)NC(C)(C)Cc4ccc5ccccc5c4)c3N2)cc1. The average Bonchev–Trinajstić information content (AvgIpc) is 3.31. The summed E-state index contributed by atoms with van der Waals surface area (Å²) in [4.78, 5) is 13.4. The lowest BCUT2D eigenvalue weighted by Crippen LogP contribution is -2.45. The quantitative estimate of drug-likeness (QED) is 0.305. The van der Waals surface area contributed by atoms with Crippen molar-refractivity contribution < 1.29 is 22.7 Å². The van der Waals surface area contributed by atoms with Gasteiger partial charge in [0.2, 0.25) is 0 Å². The van der Waals surface area contributed by atoms with E-state index in [1.807, 2.05) is 50.2 Å². The predicted molar refractivity (Wildman–Crippen MR) is 140 cm³/mol. The summed E-state index contributed by atoms with van der Waals surface area (Å²) in [7, 11) is 1.53. The molecule has 2 heterocycles. The van der Waals surface area contributed by atoms with Crippen LogP contribution in [0.15, 0.2) is 72.9 Å². The van der Waals surface area contributed by atoms with Crippen LogP contribution in [0.4, 0.5) is 19.0 Å². The van der Waals surface area contributed by atoms with Crippen molar-refractivity contribution in [2.24, 2.45) is 0 Å². The van der Waals surface area contributed by atoms with Crippen LogP contribution >= 0.6 is 0 Å². The number of ether oxygens (including phenoxy) is 1. The van der Waals surface area contributed by atoms with Crippen LogP contribution in [0.5, 0.6) is 5.75 Å². The number of aromatic nitrogens is 2. The standard InChI is InChI=1S/C29H29F3N4O2/c1-28(2,16-18-8-9-19-6-4-5-7-21(19)14-18)35-27(37)23-17-33-36-25(29(30,31)32)15-24(34-26(23)36)20-10-12-22(38-3)13-11-20/h4-14,17,24-25,34H,15-16H2,1-3H3,(H,35,37). The molecule has 0 spiro atoms. The molecule has 4 aromatic rings. The first-order chi connectivity index (χ1) is 18.0. The molecule has 9 heteroatoms. The average molecular weight is 523 g/mol. The third-order valence-corrected chi connectivity index (χ3v) is 6.91. The molecule has 0 fully saturated rings. The fourth-order valence-corrected chi connectivity index (χ4v) is 5.06. The Kier molecular flexibility index (Phi) is 6.54. The maximum absolute atomic E-state index is 14.1. The van der Waals surface area contributed by atoms with E-state index >= 15 is 0 Å². The summed E-state index contributed by atoms with van der Waals surface area (Å²) in [5, 5.41) is 12.3. The van der Waals surface area contributed by atoms with E-state index in [2.05, 4.69) is 21.8 Å². The van der Waals surface area contributed by atoms with Gasteiger partial charge in [-0.15, -0.1) is 0 Å². The van der Waals surface area contributed by atoms with Crippen LogP contribution in [0.25, 0.3) is 10.8 Å². The Labute approximate surface area is 218 Å². The number of methoxy groups -OCH3 is 1. The Morgan fingerprint density at radius 2 is 1.79 bits per heavy atom. The van der Waals surface area contributed by atoms with E-state index in [1.165, 1.54) is 13.3 Å². The van der Waals surface area contributed by atoms with Gasteiger partial charge < -0.3 is 15.4 Å². The fraction of sp³-hybridized carbons (Fsp3) is 0.310. The van der Waals surface area contributed by atoms with E-state index < -0.39 is 29.7 Å². The van der Waals surface area contributed by atoms with Crippen molar-refractivity contribution in [3.05, 3.63) is 89.6 Å². The maximum Gasteiger partial charge on any atom is 0.410 e. The number of carbonyl (C=O) groups is 1. The second-order valence-corrected chi connectivity index (χ2v) is 10.3. The lowest BCUT2D eigenvalue weighted by atomic mass is 9.93. The van der Waals surface area contributed by atoms with Gasteiger partial charge in [0.1, 0.15) is 17.1 Å². The molecule has 1 amide bonds. The van der Waals surface area contributed by atoms with Gasteiger partial charge >= 0.3 is 6.18 Å². The van der Waals surface area contributed by atoms with Gasteiger partial charge in [0.05, 0.1) is 19.3 Å². The van der Waals surface area contributed by atoms with Gasteiger partial charge in [0, 0.05) is 12.0 Å². The summed E-state index contributed by atoms with van der Waals surface area (Å²) in [6.07, 6.45) is -3.03. The number of nitrogens with one attached hydrogen (secondary N) is 2. The van der Waals surface area contributed by atoms with Crippen LogP contribution in [0.1, 0.15) is 53.8 Å². The molecule has 5 rings (SSSR count). The molecule has 38 heavy (non-hydrogen) atoms. The molecule has 2 atom stereocenters. The molecule has 1 aliphatic heterocycles. The summed E-state index contributed by atoms with van der Waals surface area (Å²) in [5.74, 6) is 0.176. The number of benzene rings is 3. The van der Waals surface area contributed by atoms with Crippen molar-refractivity contribution in [1.29, 1.82) is 0 Å². The molecule has 0 saturated carbocycles. The number of fused-ring (bicyclic) bond motifs is 2. The minimum absolute atomic E-state index is 0.0541. The molecule has 2 unspecified atom stereocenters. The zero-order chi connectivity index (χ0) is 27.1. The summed E-state index contributed by atoms with van der Waals surface area (Å²) >= 11 is 0. The number of nitrogens with zero attached hydrogens (tertiary/aromatic N) is 2. The number of anilines is 1. The van der Waals surface area contributed by atoms with E-state index in [0.29, 0.717) is 17.7 Å². The molecule has 1 aromatic heterocycles. The topological polar surface area (TPSA) is 68.2 Å². The Hall–Kier alpha value is -4.01. The highest BCUT2D eigenvalue weighted by atomic mass is 19.4. The molecule has 1 aliphatic rings. The summed E-state index contributed by atoms with van der Waals surface area (Å²) < 4.78 is 48.2. The van der Waals surface area contributed by atoms with Gasteiger partial charge in [0.25, 0.3) is 5.91 Å². The number of halogens is 3. The Bertz CT molecular complexity index is 1460. The van der Waals surface area contributed by atoms with E-state index in [-0.39, 0.29) is 17.8 Å². The summed E-state index contributed by atoms with van der Waals surface area (Å²) in [6.45, 7) is 3.78.